The van der Waals surface area contributed by atoms with E-state index in [9.17, 15) is 31.2 Å². The van der Waals surface area contributed by atoms with Gasteiger partial charge in [-0.15, -0.1) is 10.2 Å². The predicted molar refractivity (Wildman–Crippen MR) is 232 cm³/mol. The van der Waals surface area contributed by atoms with Gasteiger partial charge < -0.3 is 14.6 Å². The summed E-state index contributed by atoms with van der Waals surface area (Å²) in [5.74, 6) is 10.8. The molecule has 0 bridgehead atoms. The molecule has 344 valence electrons. The van der Waals surface area contributed by atoms with Crippen LogP contribution in [0.25, 0.3) is 0 Å². The molecule has 1 aromatic heterocycles. The number of aliphatic imine (C=N–C) groups is 1. The maximum Gasteiger partial charge on any atom is 0.523 e. The predicted octanol–water partition coefficient (Wildman–Crippen LogP) is 7.82. The number of hydrazine groups is 1. The maximum absolute atomic E-state index is 11.7. The number of nitrogens with zero attached hydrogens (tertiary/aromatic N) is 4. The summed E-state index contributed by atoms with van der Waals surface area (Å²) < 4.78 is 63.6. The summed E-state index contributed by atoms with van der Waals surface area (Å²) in [5.41, 5.74) is -0.729. The molecule has 2 aromatic carbocycles. The molecule has 0 unspecified atom stereocenters. The van der Waals surface area contributed by atoms with Gasteiger partial charge in [-0.05, 0) is 114 Å². The first-order valence-corrected chi connectivity index (χ1v) is 24.0. The normalized spacial score (nSPS) is 21.9. The summed E-state index contributed by atoms with van der Waals surface area (Å²) in [5, 5.41) is 12.3. The Bertz CT molecular complexity index is 2140. The van der Waals surface area contributed by atoms with Crippen molar-refractivity contribution in [2.24, 2.45) is 22.7 Å². The molecule has 4 N–H and O–H groups in total. The van der Waals surface area contributed by atoms with Crippen LogP contribution in [0.15, 0.2) is 65.7 Å². The molecule has 13 nitrogen and oxygen atoms in total. The smallest absolute Gasteiger partial charge is 0.484 e. The number of carbonyl (C=O) groups excluding carboxylic acids is 2. The zero-order valence-corrected chi connectivity index (χ0v) is 37.1. The molecule has 0 spiro atoms. The van der Waals surface area contributed by atoms with Gasteiger partial charge in [0.2, 0.25) is 11.8 Å². The van der Waals surface area contributed by atoms with Gasteiger partial charge in [0, 0.05) is 29.8 Å². The van der Waals surface area contributed by atoms with Gasteiger partial charge in [-0.3, -0.25) is 24.2 Å². The van der Waals surface area contributed by atoms with Crippen LogP contribution in [-0.4, -0.2) is 72.7 Å². The lowest BCUT2D eigenvalue weighted by molar-refractivity contribution is -0.130. The second-order valence-corrected chi connectivity index (χ2v) is 19.8. The number of hydrogen-bond acceptors (Lipinski definition) is 10. The zero-order valence-electron chi connectivity index (χ0n) is 36.3. The van der Waals surface area contributed by atoms with E-state index < -0.39 is 15.6 Å². The molecule has 0 atom stereocenters. The van der Waals surface area contributed by atoms with E-state index in [1.54, 1.807) is 7.11 Å². The maximum atomic E-state index is 11.7. The molecule has 8 saturated carbocycles. The van der Waals surface area contributed by atoms with Crippen LogP contribution in [0.3, 0.4) is 0 Å². The third-order valence-corrected chi connectivity index (χ3v) is 14.0. The second-order valence-electron chi connectivity index (χ2n) is 18.1. The molecular formula is C46H62F3N7O6S. The minimum atomic E-state index is -5.34. The molecule has 0 saturated heterocycles. The molecule has 2 amide bonds. The Balaban J connectivity index is 0.000000124. The van der Waals surface area contributed by atoms with E-state index in [1.165, 1.54) is 101 Å². The molecule has 11 rings (SSSR count). The third-order valence-electron chi connectivity index (χ3n) is 13.0. The van der Waals surface area contributed by atoms with Crippen LogP contribution >= 0.6 is 0 Å². The van der Waals surface area contributed by atoms with Gasteiger partial charge in [-0.25, -0.2) is 5.84 Å². The molecular weight excluding hydrogens is 836 g/mol. The first-order chi connectivity index (χ1) is 30.2. The lowest BCUT2D eigenvalue weighted by Crippen LogP contribution is -2.51. The Kier molecular flexibility index (Phi) is 14.7. The largest absolute Gasteiger partial charge is 0.523 e. The quantitative estimate of drug-likeness (QED) is 0.0329. The average Bonchev–Trinajstić information content (AvgIpc) is 4.04. The summed E-state index contributed by atoms with van der Waals surface area (Å²) >= 11 is 0. The standard InChI is InChI=1S/C18H21N3.C11H14N2O.C8H13NO.C7H11NO.C2H3F3O3S/c1-2-5-14(6-3-1)18(11-4-12-18)17-20-19-16(13-7-8-13)21(17)15-9-10-15;12-13-10(14)11(7-4-8-11)9-5-2-1-3-6-9;1-10-8(6-2-3-6)9-7-4-5-7;9-7(5-1-2-5)8-6-3-4-6;1-8-9(6,7)2(3,4)5/h1-3,5-6,13,15H,4,7-12H2;1-3,5-6H,4,7-8,12H2,(H,13,14);6-7H,2-5H2,1H3;5-6H,1-4H2,(H,8,9);1H3. The summed E-state index contributed by atoms with van der Waals surface area (Å²) in [6.07, 6.45) is 21.7. The van der Waals surface area contributed by atoms with E-state index in [0.29, 0.717) is 48.9 Å². The Morgan fingerprint density at radius 1 is 0.778 bits per heavy atom. The number of alkyl halides is 3. The Morgan fingerprint density at radius 3 is 1.73 bits per heavy atom. The van der Waals surface area contributed by atoms with Crippen molar-refractivity contribution in [2.75, 3.05) is 14.2 Å². The van der Waals surface area contributed by atoms with Crippen LogP contribution in [-0.2, 0) is 39.5 Å². The third kappa shape index (κ3) is 11.9. The number of amides is 2. The minimum Gasteiger partial charge on any atom is -0.484 e. The monoisotopic (exact) mass is 897 g/mol. The minimum absolute atomic E-state index is 0.0602. The second kappa shape index (κ2) is 19.8. The highest BCUT2D eigenvalue weighted by molar-refractivity contribution is 7.87. The average molecular weight is 898 g/mol. The van der Waals surface area contributed by atoms with Gasteiger partial charge in [-0.1, -0.05) is 73.5 Å². The first kappa shape index (κ1) is 46.6. The van der Waals surface area contributed by atoms with E-state index in [1.807, 2.05) is 30.3 Å². The van der Waals surface area contributed by atoms with Crippen LogP contribution in [0.5, 0.6) is 0 Å². The van der Waals surface area contributed by atoms with Crippen LogP contribution in [0.1, 0.15) is 150 Å². The SMILES string of the molecule is COC(=NC1CC1)C1CC1.COS(=O)(=O)C(F)(F)F.NNC(=O)C1(c2ccccc2)CCC1.O=C(NC1CC1)C1CC1.c1ccc(C2(c3nnc(C4CC4)n3C3CC3)CCC2)cc1. The fraction of sp³-hybridized carbons (Fsp3) is 0.630. The molecule has 63 heavy (non-hydrogen) atoms. The number of carbonyl (C=O) groups is 2. The van der Waals surface area contributed by atoms with Crippen molar-refractivity contribution < 1.29 is 40.1 Å². The van der Waals surface area contributed by atoms with E-state index in [2.05, 4.69) is 59.9 Å². The number of nitrogens with one attached hydrogen (secondary N) is 2. The van der Waals surface area contributed by atoms with E-state index in [0.717, 1.165) is 43.6 Å². The first-order valence-electron chi connectivity index (χ1n) is 22.6. The van der Waals surface area contributed by atoms with E-state index >= 15 is 0 Å². The number of nitrogens with two attached hydrogens (primary N) is 1. The molecule has 8 fully saturated rings. The summed E-state index contributed by atoms with van der Waals surface area (Å²) in [7, 11) is -3.15. The van der Waals surface area contributed by atoms with Crippen LogP contribution < -0.4 is 16.6 Å². The van der Waals surface area contributed by atoms with Crippen molar-refractivity contribution in [3.05, 3.63) is 83.4 Å². The topological polar surface area (TPSA) is 180 Å². The van der Waals surface area contributed by atoms with Gasteiger partial charge >= 0.3 is 15.6 Å². The van der Waals surface area contributed by atoms with Crippen molar-refractivity contribution in [1.29, 1.82) is 0 Å². The summed E-state index contributed by atoms with van der Waals surface area (Å²) in [6.45, 7) is 0. The number of halogens is 3. The highest BCUT2D eigenvalue weighted by Crippen LogP contribution is 2.53. The van der Waals surface area contributed by atoms with E-state index in [4.69, 9.17) is 15.7 Å². The van der Waals surface area contributed by atoms with Gasteiger partial charge in [0.15, 0.2) is 5.90 Å². The van der Waals surface area contributed by atoms with Gasteiger partial charge in [0.1, 0.15) is 11.6 Å². The fourth-order valence-corrected chi connectivity index (χ4v) is 8.16. The Hall–Kier alpha value is -4.35. The van der Waals surface area contributed by atoms with Crippen LogP contribution in [0.4, 0.5) is 13.2 Å². The summed E-state index contributed by atoms with van der Waals surface area (Å²) in [4.78, 5) is 27.1. The number of rotatable bonds is 11. The highest BCUT2D eigenvalue weighted by atomic mass is 32.2. The van der Waals surface area contributed by atoms with Crippen molar-refractivity contribution >= 4 is 27.8 Å². The number of aromatic nitrogens is 3. The molecule has 3 aromatic rings. The van der Waals surface area contributed by atoms with Crippen LogP contribution in [0, 0.1) is 11.8 Å². The molecule has 8 aliphatic rings. The Labute approximate surface area is 368 Å². The molecule has 8 aliphatic carbocycles. The molecule has 1 heterocycles. The molecule has 17 heteroatoms. The van der Waals surface area contributed by atoms with Gasteiger partial charge in [0.25, 0.3) is 0 Å². The van der Waals surface area contributed by atoms with Crippen molar-refractivity contribution in [3.63, 3.8) is 0 Å². The van der Waals surface area contributed by atoms with Crippen LogP contribution in [0.2, 0.25) is 0 Å². The van der Waals surface area contributed by atoms with Gasteiger partial charge in [0.05, 0.1) is 31.1 Å². The van der Waals surface area contributed by atoms with Crippen molar-refractivity contribution in [1.82, 2.24) is 25.5 Å². The van der Waals surface area contributed by atoms with Crippen molar-refractivity contribution in [2.45, 2.75) is 156 Å². The lowest BCUT2D eigenvalue weighted by Gasteiger charge is -2.41. The molecule has 0 radical (unpaired) electrons. The number of benzene rings is 2. The van der Waals surface area contributed by atoms with Crippen molar-refractivity contribution in [3.8, 4) is 0 Å². The molecule has 0 aliphatic heterocycles. The number of methoxy groups -OCH3 is 1. The number of hydrogen-bond donors (Lipinski definition) is 3. The zero-order chi connectivity index (χ0) is 44.8. The lowest BCUT2D eigenvalue weighted by atomic mass is 9.63. The van der Waals surface area contributed by atoms with E-state index in [-0.39, 0.29) is 16.7 Å². The van der Waals surface area contributed by atoms with Gasteiger partial charge in [-0.2, -0.15) is 21.6 Å². The highest BCUT2D eigenvalue weighted by Gasteiger charge is 2.49. The summed E-state index contributed by atoms with van der Waals surface area (Å²) in [6, 6.07) is 22.7. The number of ether oxygens (including phenoxy) is 1. The fourth-order valence-electron chi connectivity index (χ4n) is 7.97. The Morgan fingerprint density at radius 2 is 1.35 bits per heavy atom.